The maximum absolute atomic E-state index is 12.3. The molecule has 6 heteroatoms. The number of piperazine rings is 1. The van der Waals surface area contributed by atoms with Gasteiger partial charge in [-0.1, -0.05) is 6.92 Å². The summed E-state index contributed by atoms with van der Waals surface area (Å²) in [5.74, 6) is -0.165. The first-order valence-corrected chi connectivity index (χ1v) is 7.01. The number of hydrogen-bond acceptors (Lipinski definition) is 4. The minimum atomic E-state index is -0.418. The number of aromatic nitrogens is 1. The van der Waals surface area contributed by atoms with Crippen molar-refractivity contribution in [3.8, 4) is 0 Å². The van der Waals surface area contributed by atoms with Crippen LogP contribution in [0.2, 0.25) is 0 Å². The molecule has 1 aromatic heterocycles. The average molecular weight is 275 g/mol. The quantitative estimate of drug-likeness (QED) is 0.904. The molecule has 1 aliphatic heterocycles. The zero-order valence-corrected chi connectivity index (χ0v) is 11.2. The maximum Gasteiger partial charge on any atom is 0.250 e. The molecule has 0 spiro atoms. The van der Waals surface area contributed by atoms with Crippen LogP contribution < -0.4 is 10.2 Å². The van der Waals surface area contributed by atoms with Gasteiger partial charge in [-0.3, -0.25) is 9.59 Å². The third-order valence-electron chi connectivity index (χ3n) is 3.24. The number of amides is 2. The van der Waals surface area contributed by atoms with Crippen LogP contribution in [0.5, 0.6) is 0 Å². The zero-order chi connectivity index (χ0) is 13.4. The SMILES string of the molecule is CCC1NC(=O)CN(c2ccc3ncsc3c2)C1=O. The molecule has 1 fully saturated rings. The summed E-state index contributed by atoms with van der Waals surface area (Å²) in [6.07, 6.45) is 0.601. The lowest BCUT2D eigenvalue weighted by atomic mass is 10.1. The Kier molecular flexibility index (Phi) is 2.94. The Morgan fingerprint density at radius 3 is 3.11 bits per heavy atom. The predicted octanol–water partition coefficient (Wildman–Crippen LogP) is 1.54. The summed E-state index contributed by atoms with van der Waals surface area (Å²) in [5, 5.41) is 2.71. The number of fused-ring (bicyclic) bond motifs is 1. The highest BCUT2D eigenvalue weighted by molar-refractivity contribution is 7.16. The van der Waals surface area contributed by atoms with Crippen LogP contribution in [0.4, 0.5) is 5.69 Å². The summed E-state index contributed by atoms with van der Waals surface area (Å²) in [7, 11) is 0. The first kappa shape index (κ1) is 12.1. The maximum atomic E-state index is 12.3. The van der Waals surface area contributed by atoms with Gasteiger partial charge in [0, 0.05) is 5.69 Å². The monoisotopic (exact) mass is 275 g/mol. The lowest BCUT2D eigenvalue weighted by Crippen LogP contribution is -2.58. The molecule has 0 aliphatic carbocycles. The molecule has 5 nitrogen and oxygen atoms in total. The highest BCUT2D eigenvalue weighted by Gasteiger charge is 2.32. The molecule has 1 aliphatic rings. The number of hydrogen-bond donors (Lipinski definition) is 1. The van der Waals surface area contributed by atoms with Crippen molar-refractivity contribution in [2.45, 2.75) is 19.4 Å². The fraction of sp³-hybridized carbons (Fsp3) is 0.308. The van der Waals surface area contributed by atoms with Crippen LogP contribution in [0, 0.1) is 0 Å². The van der Waals surface area contributed by atoms with E-state index in [1.807, 2.05) is 25.1 Å². The number of nitrogens with one attached hydrogen (secondary N) is 1. The van der Waals surface area contributed by atoms with Gasteiger partial charge in [-0.2, -0.15) is 0 Å². The second kappa shape index (κ2) is 4.62. The summed E-state index contributed by atoms with van der Waals surface area (Å²) in [6, 6.07) is 5.21. The van der Waals surface area contributed by atoms with Gasteiger partial charge in [0.05, 0.1) is 15.7 Å². The van der Waals surface area contributed by atoms with Gasteiger partial charge in [0.15, 0.2) is 0 Å². The third kappa shape index (κ3) is 2.08. The number of benzene rings is 1. The Balaban J connectivity index is 1.98. The van der Waals surface area contributed by atoms with Crippen LogP contribution in [0.1, 0.15) is 13.3 Å². The highest BCUT2D eigenvalue weighted by atomic mass is 32.1. The standard InChI is InChI=1S/C13H13N3O2S/c1-2-9-13(18)16(6-12(17)15-9)8-3-4-10-11(5-8)19-7-14-10/h3-5,7,9H,2,6H2,1H3,(H,15,17). The number of nitrogens with zero attached hydrogens (tertiary/aromatic N) is 2. The minimum Gasteiger partial charge on any atom is -0.343 e. The van der Waals surface area contributed by atoms with Crippen LogP contribution in [-0.4, -0.2) is 29.4 Å². The topological polar surface area (TPSA) is 62.3 Å². The molecule has 1 atom stereocenters. The smallest absolute Gasteiger partial charge is 0.250 e. The largest absolute Gasteiger partial charge is 0.343 e. The Bertz CT molecular complexity index is 652. The first-order chi connectivity index (χ1) is 9.19. The van der Waals surface area contributed by atoms with Gasteiger partial charge in [0.2, 0.25) is 11.8 Å². The third-order valence-corrected chi connectivity index (χ3v) is 4.03. The van der Waals surface area contributed by atoms with E-state index in [0.29, 0.717) is 6.42 Å². The molecule has 98 valence electrons. The lowest BCUT2D eigenvalue weighted by molar-refractivity contribution is -0.131. The first-order valence-electron chi connectivity index (χ1n) is 6.13. The van der Waals surface area contributed by atoms with E-state index < -0.39 is 6.04 Å². The molecular formula is C13H13N3O2S. The molecule has 1 unspecified atom stereocenters. The van der Waals surface area contributed by atoms with Crippen molar-refractivity contribution < 1.29 is 9.59 Å². The van der Waals surface area contributed by atoms with Crippen molar-refractivity contribution in [1.29, 1.82) is 0 Å². The number of carbonyl (C=O) groups excluding carboxylic acids is 2. The van der Waals surface area contributed by atoms with Gasteiger partial charge in [-0.25, -0.2) is 4.98 Å². The van der Waals surface area contributed by atoms with Gasteiger partial charge in [-0.15, -0.1) is 11.3 Å². The van der Waals surface area contributed by atoms with Crippen molar-refractivity contribution in [2.24, 2.45) is 0 Å². The predicted molar refractivity (Wildman–Crippen MR) is 74.2 cm³/mol. The normalized spacial score (nSPS) is 19.8. The summed E-state index contributed by atoms with van der Waals surface area (Å²) >= 11 is 1.52. The van der Waals surface area contributed by atoms with E-state index in [2.05, 4.69) is 10.3 Å². The van der Waals surface area contributed by atoms with Crippen LogP contribution >= 0.6 is 11.3 Å². The van der Waals surface area contributed by atoms with E-state index in [4.69, 9.17) is 0 Å². The summed E-state index contributed by atoms with van der Waals surface area (Å²) in [6.45, 7) is 1.97. The molecule has 0 bridgehead atoms. The molecule has 2 aromatic rings. The van der Waals surface area contributed by atoms with Crippen LogP contribution in [0.25, 0.3) is 10.2 Å². The molecule has 3 rings (SSSR count). The molecule has 0 radical (unpaired) electrons. The van der Waals surface area contributed by atoms with Gasteiger partial charge in [0.25, 0.3) is 0 Å². The van der Waals surface area contributed by atoms with Crippen molar-refractivity contribution in [2.75, 3.05) is 11.4 Å². The highest BCUT2D eigenvalue weighted by Crippen LogP contribution is 2.25. The Morgan fingerprint density at radius 1 is 1.47 bits per heavy atom. The van der Waals surface area contributed by atoms with E-state index in [1.54, 1.807) is 10.4 Å². The number of anilines is 1. The molecule has 0 saturated carbocycles. The van der Waals surface area contributed by atoms with Crippen molar-refractivity contribution in [3.63, 3.8) is 0 Å². The van der Waals surface area contributed by atoms with Crippen LogP contribution in [0.3, 0.4) is 0 Å². The van der Waals surface area contributed by atoms with Crippen molar-refractivity contribution in [3.05, 3.63) is 23.7 Å². The zero-order valence-electron chi connectivity index (χ0n) is 10.4. The fourth-order valence-electron chi connectivity index (χ4n) is 2.22. The van der Waals surface area contributed by atoms with Crippen molar-refractivity contribution in [1.82, 2.24) is 10.3 Å². The second-order valence-electron chi connectivity index (χ2n) is 4.46. The van der Waals surface area contributed by atoms with E-state index >= 15 is 0 Å². The average Bonchev–Trinajstić information content (AvgIpc) is 2.88. The lowest BCUT2D eigenvalue weighted by Gasteiger charge is -2.32. The molecular weight excluding hydrogens is 262 g/mol. The molecule has 1 saturated heterocycles. The molecule has 1 N–H and O–H groups in total. The van der Waals surface area contributed by atoms with Crippen LogP contribution in [0.15, 0.2) is 23.7 Å². The molecule has 19 heavy (non-hydrogen) atoms. The second-order valence-corrected chi connectivity index (χ2v) is 5.34. The van der Waals surface area contributed by atoms with Crippen molar-refractivity contribution >= 4 is 39.1 Å². The van der Waals surface area contributed by atoms with Gasteiger partial charge in [-0.05, 0) is 24.6 Å². The fourth-order valence-corrected chi connectivity index (χ4v) is 2.93. The van der Waals surface area contributed by atoms with E-state index in [1.165, 1.54) is 11.3 Å². The van der Waals surface area contributed by atoms with E-state index in [-0.39, 0.29) is 18.4 Å². The molecule has 2 heterocycles. The summed E-state index contributed by atoms with van der Waals surface area (Å²) in [5.41, 5.74) is 3.44. The van der Waals surface area contributed by atoms with Crippen LogP contribution in [-0.2, 0) is 9.59 Å². The van der Waals surface area contributed by atoms with E-state index in [9.17, 15) is 9.59 Å². The van der Waals surface area contributed by atoms with Gasteiger partial charge < -0.3 is 10.2 Å². The number of rotatable bonds is 2. The van der Waals surface area contributed by atoms with E-state index in [0.717, 1.165) is 15.9 Å². The Labute approximate surface area is 114 Å². The number of thiazole rings is 1. The van der Waals surface area contributed by atoms with Gasteiger partial charge >= 0.3 is 0 Å². The Morgan fingerprint density at radius 2 is 2.32 bits per heavy atom. The summed E-state index contributed by atoms with van der Waals surface area (Å²) in [4.78, 5) is 29.7. The molecule has 2 amide bonds. The Hall–Kier alpha value is -1.95. The summed E-state index contributed by atoms with van der Waals surface area (Å²) < 4.78 is 1.02. The number of carbonyl (C=O) groups is 2. The molecule has 1 aromatic carbocycles. The van der Waals surface area contributed by atoms with Gasteiger partial charge in [0.1, 0.15) is 12.6 Å². The minimum absolute atomic E-state index is 0.0500.